The van der Waals surface area contributed by atoms with Gasteiger partial charge in [0.2, 0.25) is 11.7 Å². The zero-order chi connectivity index (χ0) is 18.2. The summed E-state index contributed by atoms with van der Waals surface area (Å²) in [5.74, 6) is -0.999. The van der Waals surface area contributed by atoms with Crippen molar-refractivity contribution in [2.24, 2.45) is 11.7 Å². The number of Topliss-reactive ketones (excluding diaryl/α,β-unsaturated/α-hetero) is 1. The number of nitrogens with zero attached hydrogens (tertiary/aromatic N) is 1. The van der Waals surface area contributed by atoms with Gasteiger partial charge in [-0.1, -0.05) is 13.8 Å². The number of hydrogen-bond acceptors (Lipinski definition) is 5. The van der Waals surface area contributed by atoms with Crippen LogP contribution in [0, 0.1) is 24.2 Å². The van der Waals surface area contributed by atoms with Crippen LogP contribution in [-0.4, -0.2) is 25.5 Å². The van der Waals surface area contributed by atoms with Crippen LogP contribution in [0.15, 0.2) is 29.5 Å². The minimum Gasteiger partial charge on any atom is -0.395 e. The van der Waals surface area contributed by atoms with Crippen molar-refractivity contribution in [1.29, 1.82) is 5.26 Å². The van der Waals surface area contributed by atoms with E-state index >= 15 is 0 Å². The smallest absolute Gasteiger partial charge is 0.249 e. The average Bonchev–Trinajstić information content (AvgIpc) is 2.54. The SMILES string of the molecule is C=O.CNC(=O)/C(=C(\N)C(=O)c1cc(C)cc(C#N)c1)C(C)C. The number of rotatable bonds is 4. The number of nitriles is 1. The van der Waals surface area contributed by atoms with Crippen LogP contribution in [0.3, 0.4) is 0 Å². The molecule has 1 rings (SSSR count). The van der Waals surface area contributed by atoms with E-state index < -0.39 is 5.78 Å². The molecule has 1 aromatic rings. The highest BCUT2D eigenvalue weighted by Crippen LogP contribution is 2.18. The molecule has 6 heteroatoms. The van der Waals surface area contributed by atoms with Gasteiger partial charge < -0.3 is 15.8 Å². The third-order valence-corrected chi connectivity index (χ3v) is 3.05. The number of amides is 1. The highest BCUT2D eigenvalue weighted by atomic mass is 16.2. The van der Waals surface area contributed by atoms with E-state index in [2.05, 4.69) is 5.32 Å². The summed E-state index contributed by atoms with van der Waals surface area (Å²) in [4.78, 5) is 32.3. The molecule has 6 nitrogen and oxygen atoms in total. The summed E-state index contributed by atoms with van der Waals surface area (Å²) in [6.45, 7) is 7.38. The summed E-state index contributed by atoms with van der Waals surface area (Å²) < 4.78 is 0. The molecule has 0 aliphatic rings. The van der Waals surface area contributed by atoms with E-state index in [0.717, 1.165) is 5.56 Å². The average molecular weight is 315 g/mol. The third-order valence-electron chi connectivity index (χ3n) is 3.05. The van der Waals surface area contributed by atoms with Crippen molar-refractivity contribution >= 4 is 18.5 Å². The fourth-order valence-corrected chi connectivity index (χ4v) is 2.09. The van der Waals surface area contributed by atoms with Gasteiger partial charge in [-0.15, -0.1) is 0 Å². The molecule has 0 heterocycles. The molecule has 0 saturated heterocycles. The lowest BCUT2D eigenvalue weighted by Gasteiger charge is -2.13. The van der Waals surface area contributed by atoms with E-state index in [1.807, 2.05) is 12.9 Å². The molecule has 0 spiro atoms. The van der Waals surface area contributed by atoms with Crippen molar-refractivity contribution in [3.05, 3.63) is 46.2 Å². The van der Waals surface area contributed by atoms with Gasteiger partial charge in [-0.2, -0.15) is 5.26 Å². The number of ketones is 1. The minimum atomic E-state index is -0.442. The van der Waals surface area contributed by atoms with Crippen LogP contribution in [0.1, 0.15) is 35.3 Å². The molecule has 0 aliphatic carbocycles. The Morgan fingerprint density at radius 2 is 1.83 bits per heavy atom. The lowest BCUT2D eigenvalue weighted by atomic mass is 9.95. The van der Waals surface area contributed by atoms with Crippen LogP contribution >= 0.6 is 0 Å². The van der Waals surface area contributed by atoms with Crippen molar-refractivity contribution in [2.75, 3.05) is 7.05 Å². The fraction of sp³-hybridized carbons (Fsp3) is 0.294. The highest BCUT2D eigenvalue weighted by Gasteiger charge is 2.22. The van der Waals surface area contributed by atoms with Crippen LogP contribution in [0.4, 0.5) is 0 Å². The first-order valence-electron chi connectivity index (χ1n) is 6.88. The van der Waals surface area contributed by atoms with E-state index in [1.54, 1.807) is 32.9 Å². The second-order valence-corrected chi connectivity index (χ2v) is 5.09. The quantitative estimate of drug-likeness (QED) is 0.645. The lowest BCUT2D eigenvalue weighted by Crippen LogP contribution is -2.28. The van der Waals surface area contributed by atoms with Gasteiger partial charge in [0.15, 0.2) is 0 Å². The van der Waals surface area contributed by atoms with Gasteiger partial charge in [-0.05, 0) is 36.6 Å². The van der Waals surface area contributed by atoms with Gasteiger partial charge >= 0.3 is 0 Å². The van der Waals surface area contributed by atoms with Crippen molar-refractivity contribution in [2.45, 2.75) is 20.8 Å². The molecule has 0 bridgehead atoms. The largest absolute Gasteiger partial charge is 0.395 e. The standard InChI is InChI=1S/C16H19N3O2.CH2O/c1-9(2)13(16(21)19-4)14(18)15(20)12-6-10(3)5-11(7-12)8-17;1-2/h5-7,9H,18H2,1-4H3,(H,19,21);1H2/b14-13-;. The Bertz CT molecular complexity index is 670. The van der Waals surface area contributed by atoms with E-state index in [1.165, 1.54) is 13.1 Å². The predicted molar refractivity (Wildman–Crippen MR) is 87.5 cm³/mol. The molecule has 0 aliphatic heterocycles. The Labute approximate surface area is 136 Å². The zero-order valence-electron chi connectivity index (χ0n) is 13.8. The van der Waals surface area contributed by atoms with Gasteiger partial charge in [0.25, 0.3) is 0 Å². The van der Waals surface area contributed by atoms with E-state index in [-0.39, 0.29) is 23.1 Å². The Morgan fingerprint density at radius 1 is 1.26 bits per heavy atom. The Kier molecular flexibility index (Phi) is 7.98. The summed E-state index contributed by atoms with van der Waals surface area (Å²) in [5.41, 5.74) is 7.55. The number of likely N-dealkylation sites (N-methyl/N-ethyl adjacent to an activating group) is 1. The van der Waals surface area contributed by atoms with Gasteiger partial charge in [0, 0.05) is 18.2 Å². The van der Waals surface area contributed by atoms with E-state index in [4.69, 9.17) is 15.8 Å². The number of benzene rings is 1. The molecular formula is C17H21N3O3. The molecule has 1 aromatic carbocycles. The fourth-order valence-electron chi connectivity index (χ4n) is 2.09. The predicted octanol–water partition coefficient (Wildman–Crippen LogP) is 1.48. The van der Waals surface area contributed by atoms with Gasteiger partial charge in [-0.3, -0.25) is 9.59 Å². The molecule has 3 N–H and O–H groups in total. The summed E-state index contributed by atoms with van der Waals surface area (Å²) in [6.07, 6.45) is 0. The maximum Gasteiger partial charge on any atom is 0.249 e. The normalized spacial score (nSPS) is 10.8. The molecule has 0 aromatic heterocycles. The Hall–Kier alpha value is -2.94. The van der Waals surface area contributed by atoms with Crippen LogP contribution in [-0.2, 0) is 9.59 Å². The number of carbonyl (C=O) groups is 3. The van der Waals surface area contributed by atoms with Crippen molar-refractivity contribution in [1.82, 2.24) is 5.32 Å². The molecule has 0 radical (unpaired) electrons. The molecular weight excluding hydrogens is 294 g/mol. The van der Waals surface area contributed by atoms with E-state index in [9.17, 15) is 9.59 Å². The Morgan fingerprint density at radius 3 is 2.26 bits per heavy atom. The number of carbonyl (C=O) groups excluding carboxylic acids is 3. The molecule has 0 unspecified atom stereocenters. The van der Waals surface area contributed by atoms with Crippen LogP contribution in [0.2, 0.25) is 0 Å². The molecule has 0 saturated carbocycles. The number of hydrogen-bond donors (Lipinski definition) is 2. The molecule has 1 amide bonds. The zero-order valence-corrected chi connectivity index (χ0v) is 13.8. The van der Waals surface area contributed by atoms with Gasteiger partial charge in [0.1, 0.15) is 6.79 Å². The molecule has 122 valence electrons. The molecule has 0 fully saturated rings. The third kappa shape index (κ3) is 5.08. The van der Waals surface area contributed by atoms with Crippen molar-refractivity contribution in [3.8, 4) is 6.07 Å². The minimum absolute atomic E-state index is 0.0844. The first-order valence-corrected chi connectivity index (χ1v) is 6.88. The number of allylic oxidation sites excluding steroid dienone is 1. The highest BCUT2D eigenvalue weighted by molar-refractivity contribution is 6.13. The maximum atomic E-state index is 12.5. The van der Waals surface area contributed by atoms with Crippen LogP contribution in [0.25, 0.3) is 0 Å². The van der Waals surface area contributed by atoms with E-state index in [0.29, 0.717) is 11.1 Å². The molecule has 0 atom stereocenters. The summed E-state index contributed by atoms with van der Waals surface area (Å²) in [6, 6.07) is 6.81. The number of aryl methyl sites for hydroxylation is 1. The summed E-state index contributed by atoms with van der Waals surface area (Å²) in [7, 11) is 1.49. The first-order chi connectivity index (χ1) is 10.8. The van der Waals surface area contributed by atoms with Gasteiger partial charge in [0.05, 0.1) is 17.3 Å². The second-order valence-electron chi connectivity index (χ2n) is 5.09. The second kappa shape index (κ2) is 9.15. The monoisotopic (exact) mass is 315 g/mol. The summed E-state index contributed by atoms with van der Waals surface area (Å²) >= 11 is 0. The molecule has 23 heavy (non-hydrogen) atoms. The van der Waals surface area contributed by atoms with Crippen LogP contribution in [0.5, 0.6) is 0 Å². The Balaban J connectivity index is 0.00000232. The van der Waals surface area contributed by atoms with Crippen molar-refractivity contribution < 1.29 is 14.4 Å². The van der Waals surface area contributed by atoms with Crippen LogP contribution < -0.4 is 11.1 Å². The first kappa shape index (κ1) is 20.1. The topological polar surface area (TPSA) is 113 Å². The van der Waals surface area contributed by atoms with Crippen molar-refractivity contribution in [3.63, 3.8) is 0 Å². The number of nitrogens with two attached hydrogens (primary N) is 1. The lowest BCUT2D eigenvalue weighted by molar-refractivity contribution is -0.117. The summed E-state index contributed by atoms with van der Waals surface area (Å²) in [5, 5.41) is 11.4. The number of nitrogens with one attached hydrogen (secondary N) is 1. The maximum absolute atomic E-state index is 12.5. The van der Waals surface area contributed by atoms with Gasteiger partial charge in [-0.25, -0.2) is 0 Å².